The van der Waals surface area contributed by atoms with Crippen LogP contribution in [0.2, 0.25) is 0 Å². The third kappa shape index (κ3) is 6.62. The summed E-state index contributed by atoms with van der Waals surface area (Å²) in [5, 5.41) is 13.6. The highest BCUT2D eigenvalue weighted by atomic mass is 127. The van der Waals surface area contributed by atoms with Gasteiger partial charge < -0.3 is 25.1 Å². The van der Waals surface area contributed by atoms with Crippen LogP contribution in [0, 0.1) is 0 Å². The van der Waals surface area contributed by atoms with E-state index in [0.29, 0.717) is 11.8 Å². The van der Waals surface area contributed by atoms with Gasteiger partial charge in [-0.15, -0.1) is 24.0 Å². The summed E-state index contributed by atoms with van der Waals surface area (Å²) in [5.41, 5.74) is 0.925. The molecule has 1 aromatic rings. The van der Waals surface area contributed by atoms with Crippen LogP contribution < -0.4 is 10.2 Å². The van der Waals surface area contributed by atoms with E-state index in [1.807, 2.05) is 18.2 Å². The SMILES string of the molecule is CCNC(=NCC(C)N1CCN(CC)CC1)N1CCN(c2ccccc2O)CC1.I. The first-order valence-corrected chi connectivity index (χ1v) is 11.1. The Morgan fingerprint density at radius 2 is 1.70 bits per heavy atom. The van der Waals surface area contributed by atoms with Gasteiger partial charge in [0.1, 0.15) is 5.75 Å². The van der Waals surface area contributed by atoms with Crippen LogP contribution in [0.1, 0.15) is 20.8 Å². The number of hydrogen-bond donors (Lipinski definition) is 2. The summed E-state index contributed by atoms with van der Waals surface area (Å²) in [6, 6.07) is 8.06. The van der Waals surface area contributed by atoms with Gasteiger partial charge in [-0.25, -0.2) is 0 Å². The first-order valence-electron chi connectivity index (χ1n) is 11.1. The quantitative estimate of drug-likeness (QED) is 0.334. The Morgan fingerprint density at radius 3 is 2.30 bits per heavy atom. The number of guanidine groups is 1. The highest BCUT2D eigenvalue weighted by Crippen LogP contribution is 2.27. The molecule has 1 unspecified atom stereocenters. The molecule has 0 bridgehead atoms. The number of nitrogens with zero attached hydrogens (tertiary/aromatic N) is 5. The Bertz CT molecular complexity index is 657. The Labute approximate surface area is 199 Å². The fourth-order valence-corrected chi connectivity index (χ4v) is 4.17. The molecule has 0 radical (unpaired) electrons. The average molecular weight is 530 g/mol. The van der Waals surface area contributed by atoms with Crippen LogP contribution in [0.3, 0.4) is 0 Å². The predicted octanol–water partition coefficient (Wildman–Crippen LogP) is 2.12. The summed E-state index contributed by atoms with van der Waals surface area (Å²) >= 11 is 0. The van der Waals surface area contributed by atoms with Gasteiger partial charge in [0.15, 0.2) is 5.96 Å². The molecule has 170 valence electrons. The fraction of sp³-hybridized carbons (Fsp3) is 0.682. The molecule has 0 amide bonds. The average Bonchev–Trinajstić information content (AvgIpc) is 2.77. The smallest absolute Gasteiger partial charge is 0.194 e. The second kappa shape index (κ2) is 12.6. The number of hydrogen-bond acceptors (Lipinski definition) is 5. The van der Waals surface area contributed by atoms with Crippen LogP contribution in [0.15, 0.2) is 29.3 Å². The van der Waals surface area contributed by atoms with Crippen molar-refractivity contribution >= 4 is 35.6 Å². The van der Waals surface area contributed by atoms with Crippen molar-refractivity contribution in [1.82, 2.24) is 20.0 Å². The summed E-state index contributed by atoms with van der Waals surface area (Å²) in [6.45, 7) is 17.7. The number of piperazine rings is 2. The molecular weight excluding hydrogens is 491 g/mol. The fourth-order valence-electron chi connectivity index (χ4n) is 4.17. The number of phenolic OH excluding ortho intramolecular Hbond substituents is 1. The number of likely N-dealkylation sites (N-methyl/N-ethyl adjacent to an activating group) is 1. The molecule has 0 aliphatic carbocycles. The molecule has 2 fully saturated rings. The third-order valence-corrected chi connectivity index (χ3v) is 6.12. The van der Waals surface area contributed by atoms with Crippen LogP contribution in [-0.4, -0.2) is 104 Å². The van der Waals surface area contributed by atoms with Crippen molar-refractivity contribution < 1.29 is 5.11 Å². The zero-order chi connectivity index (χ0) is 20.6. The van der Waals surface area contributed by atoms with E-state index >= 15 is 0 Å². The molecular formula is C22H39IN6O. The van der Waals surface area contributed by atoms with Crippen LogP contribution in [0.5, 0.6) is 5.75 Å². The summed E-state index contributed by atoms with van der Waals surface area (Å²) in [6.07, 6.45) is 0. The molecule has 30 heavy (non-hydrogen) atoms. The largest absolute Gasteiger partial charge is 0.506 e. The standard InChI is InChI=1S/C22H38N6O.HI/c1-4-23-22(24-18-19(3)26-12-10-25(5-2)11-13-26)28-16-14-27(15-17-28)20-8-6-7-9-21(20)29;/h6-9,19,29H,4-5,10-18H2,1-3H3,(H,23,24);1H. The van der Waals surface area contributed by atoms with Crippen molar-refractivity contribution in [2.45, 2.75) is 26.8 Å². The van der Waals surface area contributed by atoms with Crippen LogP contribution in [0.4, 0.5) is 5.69 Å². The van der Waals surface area contributed by atoms with Gasteiger partial charge in [0.2, 0.25) is 0 Å². The number of anilines is 1. The second-order valence-corrected chi connectivity index (χ2v) is 7.98. The van der Waals surface area contributed by atoms with Crippen molar-refractivity contribution in [3.8, 4) is 5.75 Å². The zero-order valence-corrected chi connectivity index (χ0v) is 21.1. The van der Waals surface area contributed by atoms with Gasteiger partial charge in [-0.2, -0.15) is 0 Å². The number of para-hydroxylation sites is 2. The van der Waals surface area contributed by atoms with Crippen molar-refractivity contribution in [3.63, 3.8) is 0 Å². The van der Waals surface area contributed by atoms with Gasteiger partial charge in [0.05, 0.1) is 12.2 Å². The number of halogens is 1. The van der Waals surface area contributed by atoms with Gasteiger partial charge in [-0.1, -0.05) is 19.1 Å². The van der Waals surface area contributed by atoms with E-state index < -0.39 is 0 Å². The maximum absolute atomic E-state index is 10.1. The number of rotatable bonds is 6. The molecule has 2 aliphatic rings. The van der Waals surface area contributed by atoms with Gasteiger partial charge >= 0.3 is 0 Å². The molecule has 8 heteroatoms. The van der Waals surface area contributed by atoms with E-state index in [0.717, 1.165) is 70.5 Å². The lowest BCUT2D eigenvalue weighted by Crippen LogP contribution is -2.53. The predicted molar refractivity (Wildman–Crippen MR) is 136 cm³/mol. The topological polar surface area (TPSA) is 57.6 Å². The molecule has 2 N–H and O–H groups in total. The van der Waals surface area contributed by atoms with E-state index in [-0.39, 0.29) is 24.0 Å². The van der Waals surface area contributed by atoms with Gasteiger partial charge in [0, 0.05) is 64.9 Å². The van der Waals surface area contributed by atoms with Gasteiger partial charge in [0.25, 0.3) is 0 Å². The number of nitrogens with one attached hydrogen (secondary N) is 1. The van der Waals surface area contributed by atoms with Gasteiger partial charge in [-0.05, 0) is 32.5 Å². The molecule has 1 atom stereocenters. The molecule has 2 aliphatic heterocycles. The minimum atomic E-state index is 0. The molecule has 2 saturated heterocycles. The number of phenols is 1. The summed E-state index contributed by atoms with van der Waals surface area (Å²) < 4.78 is 0. The molecule has 7 nitrogen and oxygen atoms in total. The molecule has 0 spiro atoms. The summed E-state index contributed by atoms with van der Waals surface area (Å²) in [7, 11) is 0. The van der Waals surface area contributed by atoms with Crippen molar-refractivity contribution in [2.24, 2.45) is 4.99 Å². The van der Waals surface area contributed by atoms with Gasteiger partial charge in [-0.3, -0.25) is 9.89 Å². The minimum Gasteiger partial charge on any atom is -0.506 e. The van der Waals surface area contributed by atoms with Crippen molar-refractivity contribution in [3.05, 3.63) is 24.3 Å². The zero-order valence-electron chi connectivity index (χ0n) is 18.8. The molecule has 1 aromatic carbocycles. The third-order valence-electron chi connectivity index (χ3n) is 6.12. The lowest BCUT2D eigenvalue weighted by Gasteiger charge is -2.39. The molecule has 2 heterocycles. The first kappa shape index (κ1) is 25.0. The normalized spacial score (nSPS) is 20.0. The highest BCUT2D eigenvalue weighted by Gasteiger charge is 2.23. The van der Waals surface area contributed by atoms with E-state index in [9.17, 15) is 5.11 Å². The number of aromatic hydroxyl groups is 1. The summed E-state index contributed by atoms with van der Waals surface area (Å²) in [4.78, 5) is 14.7. The summed E-state index contributed by atoms with van der Waals surface area (Å²) in [5.74, 6) is 1.38. The Balaban J connectivity index is 0.00000320. The Hall–Kier alpha value is -1.26. The molecule has 3 rings (SSSR count). The number of benzene rings is 1. The maximum Gasteiger partial charge on any atom is 0.194 e. The number of aliphatic imine (C=N–C) groups is 1. The second-order valence-electron chi connectivity index (χ2n) is 7.98. The maximum atomic E-state index is 10.1. The first-order chi connectivity index (χ1) is 14.1. The van der Waals surface area contributed by atoms with E-state index in [2.05, 4.69) is 45.7 Å². The molecule has 0 saturated carbocycles. The van der Waals surface area contributed by atoms with Crippen LogP contribution in [0.25, 0.3) is 0 Å². The Kier molecular flexibility index (Phi) is 10.5. The Morgan fingerprint density at radius 1 is 1.03 bits per heavy atom. The van der Waals surface area contributed by atoms with Crippen molar-refractivity contribution in [2.75, 3.05) is 76.9 Å². The highest BCUT2D eigenvalue weighted by molar-refractivity contribution is 14.0. The lowest BCUT2D eigenvalue weighted by atomic mass is 10.2. The molecule has 0 aromatic heterocycles. The monoisotopic (exact) mass is 530 g/mol. The van der Waals surface area contributed by atoms with E-state index in [1.54, 1.807) is 6.07 Å². The van der Waals surface area contributed by atoms with Crippen molar-refractivity contribution in [1.29, 1.82) is 0 Å². The minimum absolute atomic E-state index is 0. The van der Waals surface area contributed by atoms with E-state index in [4.69, 9.17) is 4.99 Å². The van der Waals surface area contributed by atoms with Crippen LogP contribution in [-0.2, 0) is 0 Å². The lowest BCUT2D eigenvalue weighted by molar-refractivity contribution is 0.109. The van der Waals surface area contributed by atoms with Crippen LogP contribution >= 0.6 is 24.0 Å². The van der Waals surface area contributed by atoms with E-state index in [1.165, 1.54) is 13.1 Å².